The van der Waals surface area contributed by atoms with Gasteiger partial charge in [0.2, 0.25) is 5.91 Å². The minimum atomic E-state index is -0.348. The number of carbonyl (C=O) groups is 1. The van der Waals surface area contributed by atoms with Gasteiger partial charge in [-0.3, -0.25) is 9.69 Å². The minimum Gasteiger partial charge on any atom is -0.398 e. The highest BCUT2D eigenvalue weighted by atomic mass is 35.5. The molecule has 1 rings (SSSR count). The third-order valence-corrected chi connectivity index (χ3v) is 2.80. The quantitative estimate of drug-likeness (QED) is 0.786. The van der Waals surface area contributed by atoms with Crippen LogP contribution in [0.5, 0.6) is 0 Å². The molecule has 0 heterocycles. The van der Waals surface area contributed by atoms with Crippen LogP contribution in [0.15, 0.2) is 18.2 Å². The van der Waals surface area contributed by atoms with Gasteiger partial charge < -0.3 is 11.5 Å². The summed E-state index contributed by atoms with van der Waals surface area (Å²) >= 11 is 5.92. The van der Waals surface area contributed by atoms with Crippen LogP contribution in [0.1, 0.15) is 19.4 Å². The maximum Gasteiger partial charge on any atom is 0.231 e. The van der Waals surface area contributed by atoms with Gasteiger partial charge in [-0.25, -0.2) is 0 Å². The molecule has 0 bridgehead atoms. The van der Waals surface area contributed by atoms with Crippen LogP contribution < -0.4 is 11.5 Å². The molecule has 0 fully saturated rings. The molecule has 1 amide bonds. The molecular weight excluding hydrogens is 238 g/mol. The largest absolute Gasteiger partial charge is 0.398 e. The maximum atomic E-state index is 11.0. The number of nitrogens with zero attached hydrogens (tertiary/aromatic N) is 1. The second-order valence-corrected chi connectivity index (χ2v) is 4.74. The number of halogens is 1. The fourth-order valence-electron chi connectivity index (χ4n) is 1.55. The Hall–Kier alpha value is -1.26. The van der Waals surface area contributed by atoms with Gasteiger partial charge in [-0.05, 0) is 37.6 Å². The average molecular weight is 256 g/mol. The van der Waals surface area contributed by atoms with E-state index in [0.717, 1.165) is 5.56 Å². The molecule has 94 valence electrons. The summed E-state index contributed by atoms with van der Waals surface area (Å²) in [6.07, 6.45) is 0. The Morgan fingerprint density at radius 1 is 1.47 bits per heavy atom. The van der Waals surface area contributed by atoms with Crippen molar-refractivity contribution in [3.8, 4) is 0 Å². The summed E-state index contributed by atoms with van der Waals surface area (Å²) in [7, 11) is 0. The van der Waals surface area contributed by atoms with E-state index in [1.807, 2.05) is 24.8 Å². The Kier molecular flexibility index (Phi) is 4.78. The molecule has 4 N–H and O–H groups in total. The van der Waals surface area contributed by atoms with Gasteiger partial charge in [0.15, 0.2) is 0 Å². The molecular formula is C12H18ClN3O. The van der Waals surface area contributed by atoms with Crippen LogP contribution in [0.3, 0.4) is 0 Å². The molecule has 17 heavy (non-hydrogen) atoms. The van der Waals surface area contributed by atoms with Crippen molar-refractivity contribution in [1.29, 1.82) is 0 Å². The standard InChI is InChI=1S/C12H18ClN3O/c1-8(2)16(7-12(15)17)6-9-5-10(13)3-4-11(9)14/h3-5,8H,6-7,14H2,1-2H3,(H2,15,17). The van der Waals surface area contributed by atoms with Crippen LogP contribution in [0.4, 0.5) is 5.69 Å². The first-order valence-corrected chi connectivity index (χ1v) is 5.84. The first kappa shape index (κ1) is 13.8. The lowest BCUT2D eigenvalue weighted by atomic mass is 10.1. The van der Waals surface area contributed by atoms with E-state index in [9.17, 15) is 4.79 Å². The normalized spacial score (nSPS) is 11.1. The van der Waals surface area contributed by atoms with Gasteiger partial charge >= 0.3 is 0 Å². The van der Waals surface area contributed by atoms with Gasteiger partial charge in [0, 0.05) is 23.3 Å². The van der Waals surface area contributed by atoms with Crippen molar-refractivity contribution in [2.24, 2.45) is 5.73 Å². The molecule has 4 nitrogen and oxygen atoms in total. The predicted molar refractivity (Wildman–Crippen MR) is 70.6 cm³/mol. The van der Waals surface area contributed by atoms with Crippen molar-refractivity contribution >= 4 is 23.2 Å². The molecule has 1 aromatic carbocycles. The summed E-state index contributed by atoms with van der Waals surface area (Å²) in [5, 5.41) is 0.636. The van der Waals surface area contributed by atoms with Crippen molar-refractivity contribution < 1.29 is 4.79 Å². The summed E-state index contributed by atoms with van der Waals surface area (Å²) in [4.78, 5) is 12.9. The molecule has 5 heteroatoms. The topological polar surface area (TPSA) is 72.3 Å². The number of nitrogens with two attached hydrogens (primary N) is 2. The summed E-state index contributed by atoms with van der Waals surface area (Å²) < 4.78 is 0. The molecule has 0 aliphatic rings. The molecule has 0 aliphatic carbocycles. The lowest BCUT2D eigenvalue weighted by Crippen LogP contribution is -2.38. The van der Waals surface area contributed by atoms with Gasteiger partial charge in [-0.15, -0.1) is 0 Å². The van der Waals surface area contributed by atoms with Crippen LogP contribution in [-0.2, 0) is 11.3 Å². The second-order valence-electron chi connectivity index (χ2n) is 4.31. The summed E-state index contributed by atoms with van der Waals surface area (Å²) in [5.74, 6) is -0.348. The first-order chi connectivity index (χ1) is 7.90. The van der Waals surface area contributed by atoms with Gasteiger partial charge in [0.1, 0.15) is 0 Å². The Labute approximate surface area is 107 Å². The average Bonchev–Trinajstić information content (AvgIpc) is 2.21. The molecule has 0 saturated heterocycles. The molecule has 0 saturated carbocycles. The number of rotatable bonds is 5. The first-order valence-electron chi connectivity index (χ1n) is 5.46. The number of primary amides is 1. The highest BCUT2D eigenvalue weighted by Crippen LogP contribution is 2.20. The van der Waals surface area contributed by atoms with E-state index in [4.69, 9.17) is 23.1 Å². The van der Waals surface area contributed by atoms with Gasteiger partial charge in [0.25, 0.3) is 0 Å². The maximum absolute atomic E-state index is 11.0. The summed E-state index contributed by atoms with van der Waals surface area (Å²) in [5.41, 5.74) is 12.7. The highest BCUT2D eigenvalue weighted by Gasteiger charge is 2.14. The minimum absolute atomic E-state index is 0.209. The van der Waals surface area contributed by atoms with Crippen LogP contribution in [0.2, 0.25) is 5.02 Å². The van der Waals surface area contributed by atoms with E-state index in [-0.39, 0.29) is 18.5 Å². The van der Waals surface area contributed by atoms with E-state index in [1.54, 1.807) is 12.1 Å². The highest BCUT2D eigenvalue weighted by molar-refractivity contribution is 6.30. The molecule has 1 aromatic rings. The van der Waals surface area contributed by atoms with Crippen molar-refractivity contribution in [3.05, 3.63) is 28.8 Å². The zero-order valence-corrected chi connectivity index (χ0v) is 10.9. The molecule has 0 spiro atoms. The number of benzene rings is 1. The molecule has 0 aliphatic heterocycles. The van der Waals surface area contributed by atoms with E-state index >= 15 is 0 Å². The predicted octanol–water partition coefficient (Wildman–Crippen LogP) is 1.62. The van der Waals surface area contributed by atoms with Gasteiger partial charge in [-0.2, -0.15) is 0 Å². The van der Waals surface area contributed by atoms with Gasteiger partial charge in [-0.1, -0.05) is 11.6 Å². The Morgan fingerprint density at radius 3 is 2.65 bits per heavy atom. The third-order valence-electron chi connectivity index (χ3n) is 2.57. The van der Waals surface area contributed by atoms with Crippen LogP contribution >= 0.6 is 11.6 Å². The smallest absolute Gasteiger partial charge is 0.231 e. The fraction of sp³-hybridized carbons (Fsp3) is 0.417. The lowest BCUT2D eigenvalue weighted by Gasteiger charge is -2.25. The second kappa shape index (κ2) is 5.89. The van der Waals surface area contributed by atoms with Crippen LogP contribution in [0, 0.1) is 0 Å². The van der Waals surface area contributed by atoms with E-state index in [2.05, 4.69) is 0 Å². The van der Waals surface area contributed by atoms with Crippen LogP contribution in [-0.4, -0.2) is 23.4 Å². The molecule has 0 aromatic heterocycles. The lowest BCUT2D eigenvalue weighted by molar-refractivity contribution is -0.119. The number of hydrogen-bond donors (Lipinski definition) is 2. The van der Waals surface area contributed by atoms with Crippen molar-refractivity contribution in [3.63, 3.8) is 0 Å². The number of hydrogen-bond acceptors (Lipinski definition) is 3. The van der Waals surface area contributed by atoms with Crippen molar-refractivity contribution in [2.75, 3.05) is 12.3 Å². The number of anilines is 1. The van der Waals surface area contributed by atoms with Crippen molar-refractivity contribution in [2.45, 2.75) is 26.4 Å². The number of amides is 1. The SMILES string of the molecule is CC(C)N(CC(N)=O)Cc1cc(Cl)ccc1N. The number of carbonyl (C=O) groups excluding carboxylic acids is 1. The summed E-state index contributed by atoms with van der Waals surface area (Å²) in [6, 6.07) is 5.53. The zero-order valence-electron chi connectivity index (χ0n) is 10.1. The zero-order chi connectivity index (χ0) is 13.0. The van der Waals surface area contributed by atoms with Crippen LogP contribution in [0.25, 0.3) is 0 Å². The monoisotopic (exact) mass is 255 g/mol. The van der Waals surface area contributed by atoms with E-state index < -0.39 is 0 Å². The van der Waals surface area contributed by atoms with Crippen molar-refractivity contribution in [1.82, 2.24) is 4.90 Å². The Bertz CT molecular complexity index is 407. The summed E-state index contributed by atoms with van der Waals surface area (Å²) in [6.45, 7) is 4.78. The fourth-order valence-corrected chi connectivity index (χ4v) is 1.75. The Balaban J connectivity index is 2.85. The van der Waals surface area contributed by atoms with E-state index in [1.165, 1.54) is 0 Å². The third kappa shape index (κ3) is 4.24. The molecule has 0 unspecified atom stereocenters. The van der Waals surface area contributed by atoms with E-state index in [0.29, 0.717) is 17.3 Å². The Morgan fingerprint density at radius 2 is 2.12 bits per heavy atom. The molecule has 0 radical (unpaired) electrons. The molecule has 0 atom stereocenters. The number of nitrogen functional groups attached to an aromatic ring is 1. The van der Waals surface area contributed by atoms with Gasteiger partial charge in [0.05, 0.1) is 6.54 Å².